The molecule has 5 heterocycles. The second kappa shape index (κ2) is 5.46. The summed E-state index contributed by atoms with van der Waals surface area (Å²) in [5.41, 5.74) is 6.60. The van der Waals surface area contributed by atoms with Crippen LogP contribution >= 0.6 is 11.6 Å². The second-order valence-electron chi connectivity index (χ2n) is 5.88. The number of rotatable bonds is 0. The minimum Gasteiger partial charge on any atom is -0.249 e. The van der Waals surface area contributed by atoms with E-state index in [1.165, 1.54) is 0 Å². The third-order valence-corrected chi connectivity index (χ3v) is 4.29. The maximum absolute atomic E-state index is 6.32. The summed E-state index contributed by atoms with van der Waals surface area (Å²) in [6, 6.07) is 0. The Balaban J connectivity index is 1.66. The lowest BCUT2D eigenvalue weighted by Gasteiger charge is -1.94. The molecular weight excluding hydrogens is 332 g/mol. The molecule has 0 spiro atoms. The van der Waals surface area contributed by atoms with Crippen LogP contribution in [0.4, 0.5) is 0 Å². The predicted molar refractivity (Wildman–Crippen MR) is 103 cm³/mol. The average Bonchev–Trinajstić information content (AvgIpc) is 3.33. The first-order chi connectivity index (χ1) is 12.2. The molecule has 5 aliphatic heterocycles. The third kappa shape index (κ3) is 2.77. The molecule has 5 rings (SSSR count). The minimum absolute atomic E-state index is 0.601. The normalized spacial score (nSPS) is 22.7. The predicted octanol–water partition coefficient (Wildman–Crippen LogP) is 4.15. The molecule has 0 atom stereocenters. The van der Waals surface area contributed by atoms with Gasteiger partial charge in [-0.1, -0.05) is 11.6 Å². The van der Waals surface area contributed by atoms with Crippen molar-refractivity contribution in [2.75, 3.05) is 0 Å². The molecule has 5 heteroatoms. The van der Waals surface area contributed by atoms with Gasteiger partial charge >= 0.3 is 0 Å². The lowest BCUT2D eigenvalue weighted by atomic mass is 10.2. The largest absolute Gasteiger partial charge is 0.249 e. The fourth-order valence-corrected chi connectivity index (χ4v) is 3.07. The van der Waals surface area contributed by atoms with Crippen molar-refractivity contribution < 1.29 is 0 Å². The van der Waals surface area contributed by atoms with Gasteiger partial charge in [0.2, 0.25) is 0 Å². The molecule has 0 saturated heterocycles. The highest BCUT2D eigenvalue weighted by molar-refractivity contribution is 6.46. The number of hydrogen-bond donors (Lipinski definition) is 0. The Bertz CT molecular complexity index is 1080. The highest BCUT2D eigenvalue weighted by Gasteiger charge is 2.15. The van der Waals surface area contributed by atoms with E-state index >= 15 is 0 Å². The Labute approximate surface area is 149 Å². The molecule has 8 bridgehead atoms. The molecule has 118 valence electrons. The summed E-state index contributed by atoms with van der Waals surface area (Å²) in [5.74, 6) is 0. The van der Waals surface area contributed by atoms with E-state index in [1.54, 1.807) is 0 Å². The highest BCUT2D eigenvalue weighted by Crippen LogP contribution is 2.24. The Hall–Kier alpha value is -3.11. The molecule has 0 aromatic carbocycles. The van der Waals surface area contributed by atoms with Crippen LogP contribution in [0.1, 0.15) is 0 Å². The van der Waals surface area contributed by atoms with Gasteiger partial charge in [0.05, 0.1) is 50.7 Å². The van der Waals surface area contributed by atoms with Crippen molar-refractivity contribution in [1.29, 1.82) is 0 Å². The first-order valence-corrected chi connectivity index (χ1v) is 8.22. The SMILES string of the molecule is ClC1=CC2=CC3=NC(=CC4=NC(=CC5=NC(=CC1=N2)C=C5)C=C4)C=C3. The quantitative estimate of drug-likeness (QED) is 0.635. The monoisotopic (exact) mass is 342 g/mol. The first-order valence-electron chi connectivity index (χ1n) is 7.85. The number of nitrogens with zero attached hydrogens (tertiary/aromatic N) is 4. The van der Waals surface area contributed by atoms with E-state index in [4.69, 9.17) is 11.6 Å². The van der Waals surface area contributed by atoms with Crippen LogP contribution in [0.5, 0.6) is 0 Å². The fourth-order valence-electron chi connectivity index (χ4n) is 2.86. The Morgan fingerprint density at radius 1 is 0.480 bits per heavy atom. The molecule has 0 aromatic rings. The summed E-state index contributed by atoms with van der Waals surface area (Å²) in [4.78, 5) is 18.3. The Kier molecular flexibility index (Phi) is 3.11. The van der Waals surface area contributed by atoms with E-state index in [0.717, 1.165) is 39.9 Å². The topological polar surface area (TPSA) is 49.4 Å². The van der Waals surface area contributed by atoms with Crippen molar-refractivity contribution in [3.63, 3.8) is 0 Å². The number of hydrogen-bond acceptors (Lipinski definition) is 4. The maximum atomic E-state index is 6.32. The molecule has 25 heavy (non-hydrogen) atoms. The van der Waals surface area contributed by atoms with Crippen molar-refractivity contribution in [3.05, 3.63) is 94.7 Å². The molecule has 0 amide bonds. The third-order valence-electron chi connectivity index (χ3n) is 3.99. The molecule has 0 aromatic heterocycles. The van der Waals surface area contributed by atoms with E-state index in [9.17, 15) is 0 Å². The summed E-state index contributed by atoms with van der Waals surface area (Å²) in [7, 11) is 0. The van der Waals surface area contributed by atoms with Gasteiger partial charge in [0.15, 0.2) is 0 Å². The second-order valence-corrected chi connectivity index (χ2v) is 6.28. The summed E-state index contributed by atoms with van der Waals surface area (Å²) in [6.45, 7) is 0. The van der Waals surface area contributed by atoms with E-state index < -0.39 is 0 Å². The van der Waals surface area contributed by atoms with Crippen LogP contribution in [0.2, 0.25) is 0 Å². The summed E-state index contributed by atoms with van der Waals surface area (Å²) < 4.78 is 0. The van der Waals surface area contributed by atoms with Crippen molar-refractivity contribution in [2.24, 2.45) is 20.0 Å². The van der Waals surface area contributed by atoms with Crippen LogP contribution in [-0.2, 0) is 0 Å². The molecule has 0 fully saturated rings. The lowest BCUT2D eigenvalue weighted by molar-refractivity contribution is 1.41. The van der Waals surface area contributed by atoms with Gasteiger partial charge in [-0.15, -0.1) is 0 Å². The Morgan fingerprint density at radius 2 is 0.960 bits per heavy atom. The number of allylic oxidation sites excluding steroid dienone is 12. The van der Waals surface area contributed by atoms with E-state index in [2.05, 4.69) is 20.0 Å². The van der Waals surface area contributed by atoms with Crippen molar-refractivity contribution in [2.45, 2.75) is 0 Å². The smallest absolute Gasteiger partial charge is 0.0845 e. The lowest BCUT2D eigenvalue weighted by Crippen LogP contribution is -1.91. The summed E-state index contributed by atoms with van der Waals surface area (Å²) >= 11 is 6.32. The summed E-state index contributed by atoms with van der Waals surface area (Å²) in [5, 5.41) is 0.601. The molecule has 0 saturated carbocycles. The number of fused-ring (bicyclic) bond motifs is 4. The Morgan fingerprint density at radius 3 is 1.52 bits per heavy atom. The molecule has 0 N–H and O–H groups in total. The minimum atomic E-state index is 0.601. The number of halogens is 1. The molecule has 0 aliphatic carbocycles. The molecule has 4 nitrogen and oxygen atoms in total. The van der Waals surface area contributed by atoms with Crippen LogP contribution in [0, 0.1) is 0 Å². The van der Waals surface area contributed by atoms with Gasteiger partial charge in [-0.05, 0) is 66.8 Å². The molecular formula is C20H11ClN4. The van der Waals surface area contributed by atoms with Crippen molar-refractivity contribution in [1.82, 2.24) is 0 Å². The van der Waals surface area contributed by atoms with Crippen molar-refractivity contribution >= 4 is 34.4 Å². The van der Waals surface area contributed by atoms with Gasteiger partial charge in [-0.3, -0.25) is 0 Å². The zero-order valence-corrected chi connectivity index (χ0v) is 13.8. The molecule has 0 radical (unpaired) electrons. The van der Waals surface area contributed by atoms with Gasteiger partial charge in [0.1, 0.15) is 0 Å². The van der Waals surface area contributed by atoms with Crippen LogP contribution in [0.3, 0.4) is 0 Å². The van der Waals surface area contributed by atoms with E-state index in [0.29, 0.717) is 10.7 Å². The van der Waals surface area contributed by atoms with Crippen LogP contribution in [0.25, 0.3) is 0 Å². The molecule has 5 aliphatic rings. The maximum Gasteiger partial charge on any atom is 0.0845 e. The van der Waals surface area contributed by atoms with Gasteiger partial charge < -0.3 is 0 Å². The van der Waals surface area contributed by atoms with Gasteiger partial charge in [0.25, 0.3) is 0 Å². The standard InChI is InChI=1S/C20H11ClN4/c21-19-10-18-9-16-4-3-14(23-16)7-12-1-2-13(22-12)8-15-5-6-17(24-15)11-20(19)25-18/h1-11H. The van der Waals surface area contributed by atoms with Gasteiger partial charge in [-0.25, -0.2) is 20.0 Å². The first kappa shape index (κ1) is 14.3. The molecule has 0 unspecified atom stereocenters. The van der Waals surface area contributed by atoms with Crippen LogP contribution in [0.15, 0.2) is 115 Å². The zero-order valence-electron chi connectivity index (χ0n) is 13.0. The fraction of sp³-hybridized carbons (Fsp3) is 0. The number of aliphatic imine (C=N–C) groups is 4. The van der Waals surface area contributed by atoms with Gasteiger partial charge in [0, 0.05) is 0 Å². The van der Waals surface area contributed by atoms with E-state index in [-0.39, 0.29) is 0 Å². The van der Waals surface area contributed by atoms with Gasteiger partial charge in [-0.2, -0.15) is 0 Å². The van der Waals surface area contributed by atoms with Crippen LogP contribution < -0.4 is 0 Å². The zero-order chi connectivity index (χ0) is 16.8. The summed E-state index contributed by atoms with van der Waals surface area (Å²) in [6.07, 6.45) is 21.3. The van der Waals surface area contributed by atoms with Crippen molar-refractivity contribution in [3.8, 4) is 0 Å². The highest BCUT2D eigenvalue weighted by atomic mass is 35.5. The van der Waals surface area contributed by atoms with Crippen LogP contribution in [-0.4, -0.2) is 22.8 Å². The van der Waals surface area contributed by atoms with E-state index in [1.807, 2.05) is 66.8 Å². The average molecular weight is 343 g/mol.